The third kappa shape index (κ3) is 4.30. The molecule has 0 radical (unpaired) electrons. The van der Waals surface area contributed by atoms with E-state index >= 15 is 0 Å². The highest BCUT2D eigenvalue weighted by Crippen LogP contribution is 2.33. The molecular formula is C15H19ClF3N3O2. The minimum atomic E-state index is -4.47. The van der Waals surface area contributed by atoms with Crippen molar-refractivity contribution in [2.45, 2.75) is 26.1 Å². The number of anilines is 1. The number of rotatable bonds is 4. The van der Waals surface area contributed by atoms with Crippen LogP contribution in [0, 0.1) is 0 Å². The first-order chi connectivity index (χ1) is 11.2. The Balaban J connectivity index is 2.01. The normalized spacial score (nSPS) is 17.7. The molecule has 2 heterocycles. The van der Waals surface area contributed by atoms with E-state index in [1.807, 2.05) is 9.80 Å². The summed E-state index contributed by atoms with van der Waals surface area (Å²) in [4.78, 5) is 19.4. The molecule has 5 nitrogen and oxygen atoms in total. The molecule has 134 valence electrons. The molecule has 0 spiro atoms. The number of carbonyl (C=O) groups is 1. The van der Waals surface area contributed by atoms with Gasteiger partial charge in [0, 0.05) is 32.4 Å². The van der Waals surface area contributed by atoms with Crippen LogP contribution in [0.3, 0.4) is 0 Å². The van der Waals surface area contributed by atoms with Gasteiger partial charge in [-0.05, 0) is 19.9 Å². The van der Waals surface area contributed by atoms with E-state index < -0.39 is 11.7 Å². The van der Waals surface area contributed by atoms with Crippen LogP contribution in [0.1, 0.15) is 19.4 Å². The maximum atomic E-state index is 12.7. The fourth-order valence-electron chi connectivity index (χ4n) is 2.55. The van der Waals surface area contributed by atoms with Crippen molar-refractivity contribution in [1.29, 1.82) is 0 Å². The van der Waals surface area contributed by atoms with Crippen molar-refractivity contribution in [3.8, 4) is 0 Å². The maximum absolute atomic E-state index is 12.7. The first-order valence-corrected chi connectivity index (χ1v) is 8.00. The largest absolute Gasteiger partial charge is 0.465 e. The van der Waals surface area contributed by atoms with E-state index in [1.54, 1.807) is 13.8 Å². The Labute approximate surface area is 143 Å². The molecular weight excluding hydrogens is 347 g/mol. The number of carbonyl (C=O) groups excluding carboxylic acids is 1. The zero-order chi connectivity index (χ0) is 17.9. The lowest BCUT2D eigenvalue weighted by Gasteiger charge is -2.37. The van der Waals surface area contributed by atoms with E-state index in [-0.39, 0.29) is 17.0 Å². The summed E-state index contributed by atoms with van der Waals surface area (Å²) in [6, 6.07) is 0.528. The molecule has 1 aliphatic heterocycles. The molecule has 1 unspecified atom stereocenters. The van der Waals surface area contributed by atoms with Crippen LogP contribution in [-0.4, -0.2) is 54.7 Å². The Bertz CT molecular complexity index is 590. The van der Waals surface area contributed by atoms with Crippen LogP contribution in [0.5, 0.6) is 0 Å². The summed E-state index contributed by atoms with van der Waals surface area (Å²) in [6.45, 7) is 6.02. The van der Waals surface area contributed by atoms with Crippen LogP contribution in [0.25, 0.3) is 0 Å². The van der Waals surface area contributed by atoms with E-state index in [9.17, 15) is 18.0 Å². The number of pyridine rings is 1. The van der Waals surface area contributed by atoms with Gasteiger partial charge in [0.15, 0.2) is 0 Å². The van der Waals surface area contributed by atoms with Gasteiger partial charge in [0.2, 0.25) is 0 Å². The van der Waals surface area contributed by atoms with Gasteiger partial charge in [-0.3, -0.25) is 9.69 Å². The van der Waals surface area contributed by atoms with Gasteiger partial charge in [0.1, 0.15) is 11.9 Å². The van der Waals surface area contributed by atoms with Crippen molar-refractivity contribution in [1.82, 2.24) is 9.88 Å². The summed E-state index contributed by atoms with van der Waals surface area (Å²) in [5.74, 6) is 0.0461. The number of ether oxygens (including phenoxy) is 1. The molecule has 1 aromatic rings. The Hall–Kier alpha value is -1.54. The lowest BCUT2D eigenvalue weighted by molar-refractivity contribution is -0.149. The van der Waals surface area contributed by atoms with E-state index in [0.29, 0.717) is 38.6 Å². The molecule has 0 aromatic carbocycles. The Kier molecular flexibility index (Phi) is 5.92. The molecule has 1 saturated heterocycles. The molecule has 0 aliphatic carbocycles. The van der Waals surface area contributed by atoms with Gasteiger partial charge >= 0.3 is 12.1 Å². The van der Waals surface area contributed by atoms with Crippen molar-refractivity contribution in [3.63, 3.8) is 0 Å². The molecule has 9 heteroatoms. The highest BCUT2D eigenvalue weighted by molar-refractivity contribution is 6.33. The average molecular weight is 366 g/mol. The van der Waals surface area contributed by atoms with Crippen LogP contribution in [0.2, 0.25) is 5.02 Å². The lowest BCUT2D eigenvalue weighted by atomic mass is 10.2. The molecule has 24 heavy (non-hydrogen) atoms. The van der Waals surface area contributed by atoms with Crippen LogP contribution >= 0.6 is 11.6 Å². The number of halogens is 4. The second-order valence-corrected chi connectivity index (χ2v) is 5.89. The monoisotopic (exact) mass is 365 g/mol. The quantitative estimate of drug-likeness (QED) is 0.768. The van der Waals surface area contributed by atoms with Gasteiger partial charge in [-0.1, -0.05) is 11.6 Å². The maximum Gasteiger partial charge on any atom is 0.417 e. The highest BCUT2D eigenvalue weighted by Gasteiger charge is 2.33. The summed E-state index contributed by atoms with van der Waals surface area (Å²) in [7, 11) is 0. The summed E-state index contributed by atoms with van der Waals surface area (Å²) in [5.41, 5.74) is -0.870. The predicted molar refractivity (Wildman–Crippen MR) is 84.1 cm³/mol. The average Bonchev–Trinajstić information content (AvgIpc) is 2.53. The minimum Gasteiger partial charge on any atom is -0.465 e. The van der Waals surface area contributed by atoms with Crippen LogP contribution in [0.15, 0.2) is 12.3 Å². The van der Waals surface area contributed by atoms with E-state index in [0.717, 1.165) is 12.3 Å². The predicted octanol–water partition coefficient (Wildman–Crippen LogP) is 2.83. The third-order valence-electron chi connectivity index (χ3n) is 3.94. The Morgan fingerprint density at radius 1 is 1.38 bits per heavy atom. The number of hydrogen-bond donors (Lipinski definition) is 0. The van der Waals surface area contributed by atoms with E-state index in [2.05, 4.69) is 4.98 Å². The van der Waals surface area contributed by atoms with Crippen molar-refractivity contribution in [2.75, 3.05) is 37.7 Å². The molecule has 1 atom stereocenters. The van der Waals surface area contributed by atoms with Crippen LogP contribution < -0.4 is 4.90 Å². The molecule has 0 N–H and O–H groups in total. The number of hydrogen-bond acceptors (Lipinski definition) is 5. The summed E-state index contributed by atoms with van der Waals surface area (Å²) in [6.07, 6.45) is -3.68. The van der Waals surface area contributed by atoms with Crippen molar-refractivity contribution >= 4 is 23.4 Å². The smallest absolute Gasteiger partial charge is 0.417 e. The molecule has 1 fully saturated rings. The van der Waals surface area contributed by atoms with Crippen molar-refractivity contribution in [2.24, 2.45) is 0 Å². The molecule has 0 saturated carbocycles. The number of alkyl halides is 3. The van der Waals surface area contributed by atoms with Gasteiger partial charge in [-0.2, -0.15) is 13.2 Å². The van der Waals surface area contributed by atoms with E-state index in [1.165, 1.54) is 0 Å². The molecule has 0 amide bonds. The molecule has 1 aromatic heterocycles. The number of esters is 1. The number of piperazine rings is 1. The SMILES string of the molecule is CCOC(=O)C(C)N1CCN(c2ncc(C(F)(F)F)cc2Cl)CC1. The van der Waals surface area contributed by atoms with Gasteiger partial charge < -0.3 is 9.64 Å². The zero-order valence-corrected chi connectivity index (χ0v) is 14.2. The number of nitrogens with zero attached hydrogens (tertiary/aromatic N) is 3. The zero-order valence-electron chi connectivity index (χ0n) is 13.4. The summed E-state index contributed by atoms with van der Waals surface area (Å²) < 4.78 is 43.0. The first-order valence-electron chi connectivity index (χ1n) is 7.62. The van der Waals surface area contributed by atoms with Crippen LogP contribution in [-0.2, 0) is 15.7 Å². The second-order valence-electron chi connectivity index (χ2n) is 5.48. The Morgan fingerprint density at radius 3 is 2.50 bits per heavy atom. The van der Waals surface area contributed by atoms with Crippen molar-refractivity contribution < 1.29 is 22.7 Å². The lowest BCUT2D eigenvalue weighted by Crippen LogP contribution is -2.52. The fraction of sp³-hybridized carbons (Fsp3) is 0.600. The van der Waals surface area contributed by atoms with Gasteiger partial charge in [-0.25, -0.2) is 4.98 Å². The van der Waals surface area contributed by atoms with Gasteiger partial charge in [-0.15, -0.1) is 0 Å². The topological polar surface area (TPSA) is 45.7 Å². The minimum absolute atomic E-state index is 0.0308. The fourth-order valence-corrected chi connectivity index (χ4v) is 2.84. The Morgan fingerprint density at radius 2 is 2.00 bits per heavy atom. The second kappa shape index (κ2) is 7.57. The van der Waals surface area contributed by atoms with Crippen LogP contribution in [0.4, 0.5) is 19.0 Å². The molecule has 2 rings (SSSR count). The van der Waals surface area contributed by atoms with Gasteiger partial charge in [0.25, 0.3) is 0 Å². The first kappa shape index (κ1) is 18.8. The van der Waals surface area contributed by atoms with E-state index in [4.69, 9.17) is 16.3 Å². The standard InChI is InChI=1S/C15H19ClF3N3O2/c1-3-24-14(23)10(2)21-4-6-22(7-5-21)13-12(16)8-11(9-20-13)15(17,18)19/h8-10H,3-7H2,1-2H3. The summed E-state index contributed by atoms with van der Waals surface area (Å²) >= 11 is 5.97. The number of aromatic nitrogens is 1. The van der Waals surface area contributed by atoms with Gasteiger partial charge in [0.05, 0.1) is 17.2 Å². The van der Waals surface area contributed by atoms with Crippen molar-refractivity contribution in [3.05, 3.63) is 22.8 Å². The molecule has 0 bridgehead atoms. The third-order valence-corrected chi connectivity index (χ3v) is 4.22. The summed E-state index contributed by atoms with van der Waals surface area (Å²) in [5, 5.41) is -0.0308. The highest BCUT2D eigenvalue weighted by atomic mass is 35.5. The molecule has 1 aliphatic rings.